The monoisotopic (exact) mass is 418 g/mol. The van der Waals surface area contributed by atoms with E-state index in [2.05, 4.69) is 16.0 Å². The van der Waals surface area contributed by atoms with Gasteiger partial charge in [-0.15, -0.1) is 0 Å². The minimum absolute atomic E-state index is 0.000996. The summed E-state index contributed by atoms with van der Waals surface area (Å²) >= 11 is 0. The van der Waals surface area contributed by atoms with Crippen molar-refractivity contribution in [3.63, 3.8) is 0 Å². The fourth-order valence-corrected chi connectivity index (χ4v) is 3.62. The lowest BCUT2D eigenvalue weighted by Crippen LogP contribution is -1.99. The molecule has 4 rings (SSSR count). The second kappa shape index (κ2) is 8.39. The standard InChI is InChI=1S/C24H22N2O5/c1-29-20-10-16(11-21(30-2)23(20)31-3)17-9-18-19(13-26-24(18)25-12-17)15-6-4-14(5-7-15)8-22(27)28/h4-7,9-13H,8H2,1-3H3,(H,25,26)(H,27,28). The van der Waals surface area contributed by atoms with E-state index in [0.29, 0.717) is 17.2 Å². The fourth-order valence-electron chi connectivity index (χ4n) is 3.62. The van der Waals surface area contributed by atoms with Gasteiger partial charge in [0, 0.05) is 28.9 Å². The van der Waals surface area contributed by atoms with E-state index < -0.39 is 5.97 Å². The molecule has 7 nitrogen and oxygen atoms in total. The number of aliphatic carboxylic acids is 1. The molecule has 0 amide bonds. The zero-order valence-electron chi connectivity index (χ0n) is 17.4. The molecule has 31 heavy (non-hydrogen) atoms. The zero-order chi connectivity index (χ0) is 22.0. The third kappa shape index (κ3) is 3.90. The van der Waals surface area contributed by atoms with Crippen LogP contribution in [0.3, 0.4) is 0 Å². The second-order valence-electron chi connectivity index (χ2n) is 7.00. The number of hydrogen-bond donors (Lipinski definition) is 2. The van der Waals surface area contributed by atoms with Crippen LogP contribution in [-0.2, 0) is 11.2 Å². The molecule has 0 fully saturated rings. The molecule has 0 aliphatic heterocycles. The smallest absolute Gasteiger partial charge is 0.307 e. The van der Waals surface area contributed by atoms with Crippen molar-refractivity contribution in [1.29, 1.82) is 0 Å². The van der Waals surface area contributed by atoms with E-state index in [0.717, 1.165) is 38.9 Å². The number of ether oxygens (including phenoxy) is 3. The molecule has 0 atom stereocenters. The summed E-state index contributed by atoms with van der Waals surface area (Å²) in [5.41, 5.74) is 5.26. The maximum atomic E-state index is 10.9. The third-order valence-corrected chi connectivity index (χ3v) is 5.15. The highest BCUT2D eigenvalue weighted by molar-refractivity contribution is 5.96. The van der Waals surface area contributed by atoms with Crippen molar-refractivity contribution in [1.82, 2.24) is 9.97 Å². The second-order valence-corrected chi connectivity index (χ2v) is 7.00. The van der Waals surface area contributed by atoms with Crippen LogP contribution in [0.1, 0.15) is 5.56 Å². The molecule has 2 aromatic heterocycles. The lowest BCUT2D eigenvalue weighted by Gasteiger charge is -2.14. The molecule has 0 aliphatic rings. The Hall–Kier alpha value is -4.00. The number of benzene rings is 2. The molecular weight excluding hydrogens is 396 g/mol. The van der Waals surface area contributed by atoms with E-state index in [1.165, 1.54) is 0 Å². The van der Waals surface area contributed by atoms with Gasteiger partial charge >= 0.3 is 5.97 Å². The van der Waals surface area contributed by atoms with Gasteiger partial charge in [-0.2, -0.15) is 0 Å². The molecule has 4 aromatic rings. The average Bonchev–Trinajstić information content (AvgIpc) is 3.21. The fraction of sp³-hybridized carbons (Fsp3) is 0.167. The molecule has 0 saturated heterocycles. The Morgan fingerprint density at radius 2 is 1.61 bits per heavy atom. The Morgan fingerprint density at radius 1 is 0.935 bits per heavy atom. The van der Waals surface area contributed by atoms with Gasteiger partial charge in [-0.05, 0) is 34.9 Å². The van der Waals surface area contributed by atoms with Gasteiger partial charge in [-0.1, -0.05) is 24.3 Å². The van der Waals surface area contributed by atoms with Crippen LogP contribution in [0.25, 0.3) is 33.3 Å². The molecule has 0 aliphatic carbocycles. The number of nitrogens with one attached hydrogen (secondary N) is 1. The van der Waals surface area contributed by atoms with Crippen molar-refractivity contribution < 1.29 is 24.1 Å². The van der Waals surface area contributed by atoms with Crippen LogP contribution < -0.4 is 14.2 Å². The van der Waals surface area contributed by atoms with Crippen LogP contribution in [0.15, 0.2) is 54.9 Å². The van der Waals surface area contributed by atoms with Crippen LogP contribution in [-0.4, -0.2) is 42.4 Å². The van der Waals surface area contributed by atoms with Gasteiger partial charge < -0.3 is 24.3 Å². The lowest BCUT2D eigenvalue weighted by molar-refractivity contribution is -0.136. The van der Waals surface area contributed by atoms with Gasteiger partial charge in [-0.25, -0.2) is 4.98 Å². The van der Waals surface area contributed by atoms with Crippen molar-refractivity contribution in [3.8, 4) is 39.5 Å². The van der Waals surface area contributed by atoms with Gasteiger partial charge in [0.15, 0.2) is 11.5 Å². The number of carboxylic acids is 1. The van der Waals surface area contributed by atoms with Crippen molar-refractivity contribution in [3.05, 3.63) is 60.4 Å². The SMILES string of the molecule is COc1cc(-c2cnc3[nH]cc(-c4ccc(CC(=O)O)cc4)c3c2)cc(OC)c1OC. The molecule has 0 saturated carbocycles. The van der Waals surface area contributed by atoms with Crippen LogP contribution in [0.2, 0.25) is 0 Å². The maximum absolute atomic E-state index is 10.9. The number of aromatic nitrogens is 2. The molecule has 2 N–H and O–H groups in total. The first-order valence-electron chi connectivity index (χ1n) is 9.62. The third-order valence-electron chi connectivity index (χ3n) is 5.15. The Labute approximate surface area is 179 Å². The molecule has 0 spiro atoms. The van der Waals surface area contributed by atoms with E-state index >= 15 is 0 Å². The van der Waals surface area contributed by atoms with Crippen molar-refractivity contribution in [2.75, 3.05) is 21.3 Å². The Morgan fingerprint density at radius 3 is 2.19 bits per heavy atom. The zero-order valence-corrected chi connectivity index (χ0v) is 17.4. The number of fused-ring (bicyclic) bond motifs is 1. The molecule has 0 radical (unpaired) electrons. The lowest BCUT2D eigenvalue weighted by atomic mass is 10.0. The first-order valence-corrected chi connectivity index (χ1v) is 9.62. The number of aromatic amines is 1. The summed E-state index contributed by atoms with van der Waals surface area (Å²) in [7, 11) is 4.74. The van der Waals surface area contributed by atoms with Gasteiger partial charge in [0.05, 0.1) is 27.8 Å². The molecule has 2 aromatic carbocycles. The quantitative estimate of drug-likeness (QED) is 0.457. The number of methoxy groups -OCH3 is 3. The summed E-state index contributed by atoms with van der Waals surface area (Å²) in [5, 5.41) is 9.92. The maximum Gasteiger partial charge on any atom is 0.307 e. The molecular formula is C24H22N2O5. The van der Waals surface area contributed by atoms with Crippen molar-refractivity contribution >= 4 is 17.0 Å². The molecule has 7 heteroatoms. The first kappa shape index (κ1) is 20.3. The van der Waals surface area contributed by atoms with Crippen LogP contribution in [0, 0.1) is 0 Å². The normalized spacial score (nSPS) is 10.8. The van der Waals surface area contributed by atoms with Gasteiger partial charge in [-0.3, -0.25) is 4.79 Å². The first-order chi connectivity index (χ1) is 15.0. The van der Waals surface area contributed by atoms with E-state index in [1.807, 2.05) is 42.6 Å². The average molecular weight is 418 g/mol. The van der Waals surface area contributed by atoms with E-state index in [4.69, 9.17) is 19.3 Å². The summed E-state index contributed by atoms with van der Waals surface area (Å²) in [6.07, 6.45) is 3.70. The van der Waals surface area contributed by atoms with Crippen LogP contribution in [0.4, 0.5) is 0 Å². The van der Waals surface area contributed by atoms with Crippen LogP contribution >= 0.6 is 0 Å². The van der Waals surface area contributed by atoms with Crippen molar-refractivity contribution in [2.45, 2.75) is 6.42 Å². The Kier molecular flexibility index (Phi) is 5.49. The predicted molar refractivity (Wildman–Crippen MR) is 118 cm³/mol. The van der Waals surface area contributed by atoms with Gasteiger partial charge in [0.1, 0.15) is 5.65 Å². The number of H-pyrrole nitrogens is 1. The topological polar surface area (TPSA) is 93.7 Å². The Bertz CT molecular complexity index is 1220. The summed E-state index contributed by atoms with van der Waals surface area (Å²) in [6, 6.07) is 13.3. The number of carboxylic acid groups (broad SMARTS) is 1. The number of nitrogens with zero attached hydrogens (tertiary/aromatic N) is 1. The van der Waals surface area contributed by atoms with Crippen molar-refractivity contribution in [2.24, 2.45) is 0 Å². The van der Waals surface area contributed by atoms with E-state index in [1.54, 1.807) is 27.5 Å². The van der Waals surface area contributed by atoms with E-state index in [9.17, 15) is 4.79 Å². The van der Waals surface area contributed by atoms with Gasteiger partial charge in [0.25, 0.3) is 0 Å². The molecule has 2 heterocycles. The largest absolute Gasteiger partial charge is 0.493 e. The molecule has 158 valence electrons. The summed E-state index contributed by atoms with van der Waals surface area (Å²) in [5.74, 6) is 0.825. The summed E-state index contributed by atoms with van der Waals surface area (Å²) < 4.78 is 16.4. The molecule has 0 unspecified atom stereocenters. The predicted octanol–water partition coefficient (Wildman–Crippen LogP) is 4.55. The highest BCUT2D eigenvalue weighted by Crippen LogP contribution is 2.41. The molecule has 0 bridgehead atoms. The highest BCUT2D eigenvalue weighted by atomic mass is 16.5. The van der Waals surface area contributed by atoms with E-state index in [-0.39, 0.29) is 6.42 Å². The number of pyridine rings is 1. The summed E-state index contributed by atoms with van der Waals surface area (Å²) in [4.78, 5) is 18.7. The summed E-state index contributed by atoms with van der Waals surface area (Å²) in [6.45, 7) is 0. The number of hydrogen-bond acceptors (Lipinski definition) is 5. The highest BCUT2D eigenvalue weighted by Gasteiger charge is 2.16. The number of rotatable bonds is 7. The van der Waals surface area contributed by atoms with Gasteiger partial charge in [0.2, 0.25) is 5.75 Å². The minimum atomic E-state index is -0.848. The minimum Gasteiger partial charge on any atom is -0.493 e. The van der Waals surface area contributed by atoms with Crippen LogP contribution in [0.5, 0.6) is 17.2 Å². The Balaban J connectivity index is 1.78. The number of carbonyl (C=O) groups is 1.